The first-order valence-electron chi connectivity index (χ1n) is 19.0. The SMILES string of the molecule is CC1(C)c2cc(/C=C/c3ccc(N(c4ccccc4)c4cccc(-c5cccnc5)c4)cc3)ccc2-c2ccc3c4ccccc4n(-c4ccccc4)c3c21. The van der Waals surface area contributed by atoms with E-state index in [2.05, 4.69) is 210 Å². The third-order valence-electron chi connectivity index (χ3n) is 11.2. The number of benzene rings is 7. The highest BCUT2D eigenvalue weighted by Crippen LogP contribution is 2.53. The monoisotopic (exact) mass is 705 g/mol. The molecule has 1 aliphatic rings. The van der Waals surface area contributed by atoms with E-state index in [1.165, 1.54) is 55.3 Å². The summed E-state index contributed by atoms with van der Waals surface area (Å²) in [4.78, 5) is 6.65. The molecule has 7 aromatic carbocycles. The van der Waals surface area contributed by atoms with Crippen LogP contribution in [0.1, 0.15) is 36.1 Å². The smallest absolute Gasteiger partial charge is 0.0588 e. The van der Waals surface area contributed by atoms with Crippen LogP contribution in [0.5, 0.6) is 0 Å². The van der Waals surface area contributed by atoms with E-state index in [1.54, 1.807) is 0 Å². The molecule has 9 aromatic rings. The Balaban J connectivity index is 0.986. The summed E-state index contributed by atoms with van der Waals surface area (Å²) in [6.45, 7) is 4.78. The van der Waals surface area contributed by atoms with Gasteiger partial charge in [0.1, 0.15) is 0 Å². The lowest BCUT2D eigenvalue weighted by atomic mass is 9.81. The van der Waals surface area contributed by atoms with Gasteiger partial charge >= 0.3 is 0 Å². The van der Waals surface area contributed by atoms with Gasteiger partial charge in [-0.3, -0.25) is 4.98 Å². The minimum Gasteiger partial charge on any atom is -0.310 e. The fourth-order valence-electron chi connectivity index (χ4n) is 8.62. The van der Waals surface area contributed by atoms with Crippen LogP contribution in [0, 0.1) is 0 Å². The van der Waals surface area contributed by atoms with Crippen LogP contribution in [-0.4, -0.2) is 9.55 Å². The van der Waals surface area contributed by atoms with Gasteiger partial charge in [-0.1, -0.05) is 141 Å². The highest BCUT2D eigenvalue weighted by Gasteiger charge is 2.38. The Kier molecular flexibility index (Phi) is 7.81. The summed E-state index contributed by atoms with van der Waals surface area (Å²) < 4.78 is 2.47. The molecule has 55 heavy (non-hydrogen) atoms. The van der Waals surface area contributed by atoms with E-state index in [9.17, 15) is 0 Å². The van der Waals surface area contributed by atoms with Gasteiger partial charge in [0.15, 0.2) is 0 Å². The number of pyridine rings is 1. The maximum Gasteiger partial charge on any atom is 0.0588 e. The van der Waals surface area contributed by atoms with Gasteiger partial charge in [-0.2, -0.15) is 0 Å². The normalized spacial score (nSPS) is 13.0. The minimum absolute atomic E-state index is 0.189. The fourth-order valence-corrected chi connectivity index (χ4v) is 8.62. The zero-order valence-corrected chi connectivity index (χ0v) is 30.9. The molecule has 0 atom stereocenters. The number of aromatic nitrogens is 2. The molecule has 0 saturated carbocycles. The number of nitrogens with zero attached hydrogens (tertiary/aromatic N) is 3. The lowest BCUT2D eigenvalue weighted by molar-refractivity contribution is 0.663. The van der Waals surface area contributed by atoms with Gasteiger partial charge < -0.3 is 9.47 Å². The van der Waals surface area contributed by atoms with Crippen molar-refractivity contribution in [2.24, 2.45) is 0 Å². The van der Waals surface area contributed by atoms with Gasteiger partial charge in [0.25, 0.3) is 0 Å². The molecule has 10 rings (SSSR count). The quantitative estimate of drug-likeness (QED) is 0.154. The summed E-state index contributed by atoms with van der Waals surface area (Å²) in [5.41, 5.74) is 16.8. The van der Waals surface area contributed by atoms with E-state index < -0.39 is 0 Å². The van der Waals surface area contributed by atoms with Crippen molar-refractivity contribution in [3.8, 4) is 27.9 Å². The van der Waals surface area contributed by atoms with Crippen LogP contribution >= 0.6 is 0 Å². The highest BCUT2D eigenvalue weighted by atomic mass is 15.1. The van der Waals surface area contributed by atoms with Crippen LogP contribution in [0.3, 0.4) is 0 Å². The van der Waals surface area contributed by atoms with E-state index in [0.717, 1.165) is 33.8 Å². The average Bonchev–Trinajstić information content (AvgIpc) is 3.70. The Labute approximate surface area is 322 Å². The molecule has 0 aliphatic heterocycles. The van der Waals surface area contributed by atoms with Crippen molar-refractivity contribution < 1.29 is 0 Å². The van der Waals surface area contributed by atoms with Crippen molar-refractivity contribution in [1.82, 2.24) is 9.55 Å². The van der Waals surface area contributed by atoms with E-state index in [0.29, 0.717) is 0 Å². The van der Waals surface area contributed by atoms with Crippen LogP contribution in [-0.2, 0) is 5.41 Å². The summed E-state index contributed by atoms with van der Waals surface area (Å²) >= 11 is 0. The Morgan fingerprint density at radius 3 is 2.00 bits per heavy atom. The van der Waals surface area contributed by atoms with E-state index in [-0.39, 0.29) is 5.41 Å². The summed E-state index contributed by atoms with van der Waals surface area (Å²) in [7, 11) is 0. The molecule has 2 heterocycles. The van der Waals surface area contributed by atoms with Crippen molar-refractivity contribution in [3.63, 3.8) is 0 Å². The molecule has 0 fully saturated rings. The molecule has 0 saturated heterocycles. The third kappa shape index (κ3) is 5.55. The van der Waals surface area contributed by atoms with Gasteiger partial charge in [0, 0.05) is 56.9 Å². The molecule has 0 bridgehead atoms. The van der Waals surface area contributed by atoms with Crippen LogP contribution in [0.4, 0.5) is 17.1 Å². The number of anilines is 3. The molecule has 262 valence electrons. The van der Waals surface area contributed by atoms with E-state index in [1.807, 2.05) is 18.5 Å². The van der Waals surface area contributed by atoms with Crippen molar-refractivity contribution in [2.75, 3.05) is 4.90 Å². The number of fused-ring (bicyclic) bond motifs is 7. The van der Waals surface area contributed by atoms with Crippen LogP contribution < -0.4 is 4.90 Å². The fraction of sp³-hybridized carbons (Fsp3) is 0.0577. The molecule has 0 N–H and O–H groups in total. The summed E-state index contributed by atoms with van der Waals surface area (Å²) in [5.74, 6) is 0. The summed E-state index contributed by atoms with van der Waals surface area (Å²) in [6.07, 6.45) is 8.20. The number of hydrogen-bond donors (Lipinski definition) is 0. The molecule has 0 amide bonds. The molecule has 0 unspecified atom stereocenters. The molecule has 0 spiro atoms. The molecular formula is C52H39N3. The van der Waals surface area contributed by atoms with Gasteiger partial charge in [-0.15, -0.1) is 0 Å². The van der Waals surface area contributed by atoms with Crippen molar-refractivity contribution in [2.45, 2.75) is 19.3 Å². The molecular weight excluding hydrogens is 667 g/mol. The van der Waals surface area contributed by atoms with Crippen molar-refractivity contribution >= 4 is 51.0 Å². The molecule has 2 aromatic heterocycles. The van der Waals surface area contributed by atoms with Gasteiger partial charge in [-0.05, 0) is 99.6 Å². The van der Waals surface area contributed by atoms with Crippen LogP contribution in [0.15, 0.2) is 188 Å². The third-order valence-corrected chi connectivity index (χ3v) is 11.2. The van der Waals surface area contributed by atoms with E-state index in [4.69, 9.17) is 0 Å². The predicted molar refractivity (Wildman–Crippen MR) is 232 cm³/mol. The Hall–Kier alpha value is -6.97. The summed E-state index contributed by atoms with van der Waals surface area (Å²) in [5, 5.41) is 2.59. The predicted octanol–water partition coefficient (Wildman–Crippen LogP) is 13.8. The van der Waals surface area contributed by atoms with Gasteiger partial charge in [0.2, 0.25) is 0 Å². The van der Waals surface area contributed by atoms with Crippen LogP contribution in [0.2, 0.25) is 0 Å². The first-order chi connectivity index (χ1) is 27.0. The van der Waals surface area contributed by atoms with Crippen molar-refractivity contribution in [3.05, 3.63) is 211 Å². The van der Waals surface area contributed by atoms with Crippen LogP contribution in [0.25, 0.3) is 61.9 Å². The minimum atomic E-state index is -0.189. The standard InChI is InChI=1S/C52H39N3/c1-52(2)48-33-37(26-29-44(48)46-30-31-47-45-20-9-10-21-49(45)55(51(47)50(46)52)41-17-7-4-8-18-41)23-22-36-24-27-42(28-25-36)54(40-15-5-3-6-16-40)43-19-11-13-38(34-43)39-14-12-32-53-35-39/h3-35H,1-2H3/b23-22+. The molecule has 0 radical (unpaired) electrons. The first kappa shape index (κ1) is 32.7. The first-order valence-corrected chi connectivity index (χ1v) is 19.0. The Morgan fingerprint density at radius 2 is 1.20 bits per heavy atom. The Bertz CT molecular complexity index is 2870. The largest absolute Gasteiger partial charge is 0.310 e. The maximum atomic E-state index is 4.35. The second-order valence-corrected chi connectivity index (χ2v) is 14.9. The van der Waals surface area contributed by atoms with Gasteiger partial charge in [0.05, 0.1) is 11.0 Å². The number of para-hydroxylation sites is 3. The number of rotatable bonds is 7. The second-order valence-electron chi connectivity index (χ2n) is 14.9. The zero-order chi connectivity index (χ0) is 36.9. The lowest BCUT2D eigenvalue weighted by Gasteiger charge is -2.26. The highest BCUT2D eigenvalue weighted by molar-refractivity contribution is 6.13. The molecule has 3 heteroatoms. The average molecular weight is 706 g/mol. The van der Waals surface area contributed by atoms with E-state index >= 15 is 0 Å². The maximum absolute atomic E-state index is 4.35. The topological polar surface area (TPSA) is 21.1 Å². The Morgan fingerprint density at radius 1 is 0.527 bits per heavy atom. The van der Waals surface area contributed by atoms with Crippen molar-refractivity contribution in [1.29, 1.82) is 0 Å². The molecule has 1 aliphatic carbocycles. The zero-order valence-electron chi connectivity index (χ0n) is 30.9. The van der Waals surface area contributed by atoms with Gasteiger partial charge in [-0.25, -0.2) is 0 Å². The molecule has 3 nitrogen and oxygen atoms in total. The summed E-state index contributed by atoms with van der Waals surface area (Å²) in [6, 6.07) is 63.4. The lowest BCUT2D eigenvalue weighted by Crippen LogP contribution is -2.16. The second kappa shape index (κ2) is 13.2. The number of hydrogen-bond acceptors (Lipinski definition) is 2.